The van der Waals surface area contributed by atoms with Gasteiger partial charge in [0.25, 0.3) is 5.91 Å². The minimum absolute atomic E-state index is 0.0552. The van der Waals surface area contributed by atoms with E-state index in [-0.39, 0.29) is 10.7 Å². The molecule has 114 valence electrons. The van der Waals surface area contributed by atoms with Gasteiger partial charge in [-0.15, -0.1) is 5.10 Å². The minimum Gasteiger partial charge on any atom is -0.451 e. The van der Waals surface area contributed by atoms with Gasteiger partial charge in [-0.2, -0.15) is 0 Å². The van der Waals surface area contributed by atoms with Crippen molar-refractivity contribution in [1.82, 2.24) is 9.59 Å². The van der Waals surface area contributed by atoms with Crippen molar-refractivity contribution in [2.24, 2.45) is 0 Å². The van der Waals surface area contributed by atoms with Crippen molar-refractivity contribution in [2.45, 2.75) is 13.8 Å². The van der Waals surface area contributed by atoms with E-state index in [1.807, 2.05) is 0 Å². The predicted molar refractivity (Wildman–Crippen MR) is 80.0 cm³/mol. The second kappa shape index (κ2) is 6.90. The average molecular weight is 319 g/mol. The third kappa shape index (κ3) is 3.95. The normalized spacial score (nSPS) is 10.1. The van der Waals surface area contributed by atoms with Gasteiger partial charge in [-0.3, -0.25) is 9.59 Å². The van der Waals surface area contributed by atoms with Gasteiger partial charge < -0.3 is 10.1 Å². The van der Waals surface area contributed by atoms with Crippen molar-refractivity contribution in [3.05, 3.63) is 40.4 Å². The van der Waals surface area contributed by atoms with Gasteiger partial charge >= 0.3 is 5.97 Å². The number of hydrogen-bond donors (Lipinski definition) is 1. The summed E-state index contributed by atoms with van der Waals surface area (Å²) in [5.41, 5.74) is 1.54. The van der Waals surface area contributed by atoms with Crippen LogP contribution in [0.15, 0.2) is 24.3 Å². The zero-order valence-electron chi connectivity index (χ0n) is 12.0. The second-order valence-corrected chi connectivity index (χ2v) is 5.20. The van der Waals surface area contributed by atoms with E-state index in [1.165, 1.54) is 6.92 Å². The number of benzene rings is 1. The summed E-state index contributed by atoms with van der Waals surface area (Å²) in [6.07, 6.45) is 0. The van der Waals surface area contributed by atoms with Gasteiger partial charge in [-0.25, -0.2) is 4.79 Å². The van der Waals surface area contributed by atoms with Crippen LogP contribution in [0.25, 0.3) is 0 Å². The van der Waals surface area contributed by atoms with Crippen LogP contribution in [0.4, 0.5) is 5.69 Å². The molecule has 0 radical (unpaired) electrons. The first-order valence-corrected chi connectivity index (χ1v) is 7.11. The van der Waals surface area contributed by atoms with Gasteiger partial charge in [0.1, 0.15) is 0 Å². The fourth-order valence-electron chi connectivity index (χ4n) is 1.60. The van der Waals surface area contributed by atoms with E-state index in [0.29, 0.717) is 16.9 Å². The van der Waals surface area contributed by atoms with E-state index in [2.05, 4.69) is 14.9 Å². The molecule has 0 aliphatic heterocycles. The number of aromatic nitrogens is 2. The Morgan fingerprint density at radius 1 is 1.23 bits per heavy atom. The van der Waals surface area contributed by atoms with Crippen LogP contribution in [-0.2, 0) is 9.53 Å². The number of aryl methyl sites for hydroxylation is 1. The number of nitrogens with zero attached hydrogens (tertiary/aromatic N) is 2. The first-order chi connectivity index (χ1) is 10.5. The van der Waals surface area contributed by atoms with Crippen molar-refractivity contribution in [3.63, 3.8) is 0 Å². The molecule has 1 aromatic carbocycles. The average Bonchev–Trinajstić information content (AvgIpc) is 2.91. The maximum Gasteiger partial charge on any atom is 0.352 e. The molecule has 1 aromatic heterocycles. The van der Waals surface area contributed by atoms with Gasteiger partial charge in [-0.1, -0.05) is 4.49 Å². The Labute approximate surface area is 130 Å². The number of ketones is 1. The molecule has 0 bridgehead atoms. The van der Waals surface area contributed by atoms with Crippen LogP contribution < -0.4 is 5.32 Å². The third-order valence-electron chi connectivity index (χ3n) is 2.75. The van der Waals surface area contributed by atoms with Gasteiger partial charge in [-0.05, 0) is 49.6 Å². The number of Topliss-reactive ketones (excluding diaryl/α,β-unsaturated/α-hetero) is 1. The summed E-state index contributed by atoms with van der Waals surface area (Å²) >= 11 is 0.918. The number of rotatable bonds is 5. The van der Waals surface area contributed by atoms with Gasteiger partial charge in [0.05, 0.1) is 5.69 Å². The Hall–Kier alpha value is -2.61. The first kappa shape index (κ1) is 15.8. The molecule has 1 heterocycles. The van der Waals surface area contributed by atoms with Crippen LogP contribution in [0.2, 0.25) is 0 Å². The molecule has 1 amide bonds. The lowest BCUT2D eigenvalue weighted by molar-refractivity contribution is -0.119. The number of carbonyl (C=O) groups is 3. The highest BCUT2D eigenvalue weighted by Crippen LogP contribution is 2.12. The Morgan fingerprint density at radius 3 is 2.45 bits per heavy atom. The van der Waals surface area contributed by atoms with Crippen LogP contribution in [-0.4, -0.2) is 33.9 Å². The summed E-state index contributed by atoms with van der Waals surface area (Å²) in [5, 5.41) is 6.26. The molecule has 0 saturated carbocycles. The Balaban J connectivity index is 1.86. The number of amides is 1. The quantitative estimate of drug-likeness (QED) is 0.667. The third-order valence-corrected chi connectivity index (χ3v) is 3.55. The molecule has 22 heavy (non-hydrogen) atoms. The topological polar surface area (TPSA) is 98.2 Å². The number of anilines is 1. The molecule has 0 aliphatic carbocycles. The molecule has 0 unspecified atom stereocenters. The number of carbonyl (C=O) groups excluding carboxylic acids is 3. The number of esters is 1. The van der Waals surface area contributed by atoms with Gasteiger partial charge in [0.2, 0.25) is 0 Å². The monoisotopic (exact) mass is 319 g/mol. The van der Waals surface area contributed by atoms with Crippen molar-refractivity contribution in [2.75, 3.05) is 11.9 Å². The van der Waals surface area contributed by atoms with Gasteiger partial charge in [0.15, 0.2) is 17.3 Å². The second-order valence-electron chi connectivity index (χ2n) is 4.45. The molecule has 0 fully saturated rings. The molecule has 2 aromatic rings. The van der Waals surface area contributed by atoms with Crippen LogP contribution in [0.5, 0.6) is 0 Å². The zero-order chi connectivity index (χ0) is 16.1. The minimum atomic E-state index is -0.630. The largest absolute Gasteiger partial charge is 0.451 e. The Morgan fingerprint density at radius 2 is 1.91 bits per heavy atom. The molecule has 0 saturated heterocycles. The molecule has 7 nitrogen and oxygen atoms in total. The molecule has 1 N–H and O–H groups in total. The Bertz CT molecular complexity index is 709. The van der Waals surface area contributed by atoms with Crippen molar-refractivity contribution >= 4 is 34.9 Å². The van der Waals surface area contributed by atoms with Gasteiger partial charge in [0, 0.05) is 11.3 Å². The SMILES string of the molecule is CC(=O)c1ccc(NC(=O)COC(=O)c2snnc2C)cc1. The van der Waals surface area contributed by atoms with Crippen LogP contribution in [0.1, 0.15) is 32.6 Å². The lowest BCUT2D eigenvalue weighted by atomic mass is 10.1. The smallest absolute Gasteiger partial charge is 0.352 e. The number of hydrogen-bond acceptors (Lipinski definition) is 7. The summed E-state index contributed by atoms with van der Waals surface area (Å²) < 4.78 is 8.51. The highest BCUT2D eigenvalue weighted by molar-refractivity contribution is 7.07. The Kier molecular flexibility index (Phi) is 4.95. The molecule has 2 rings (SSSR count). The summed E-state index contributed by atoms with van der Waals surface area (Å²) in [6.45, 7) is 2.69. The lowest BCUT2D eigenvalue weighted by Crippen LogP contribution is -2.20. The first-order valence-electron chi connectivity index (χ1n) is 6.34. The fraction of sp³-hybridized carbons (Fsp3) is 0.214. The maximum atomic E-state index is 11.7. The molecular formula is C14H13N3O4S. The predicted octanol–water partition coefficient (Wildman–Crippen LogP) is 1.84. The maximum absolute atomic E-state index is 11.7. The summed E-state index contributed by atoms with van der Waals surface area (Å²) in [6, 6.07) is 6.42. The van der Waals surface area contributed by atoms with E-state index >= 15 is 0 Å². The van der Waals surface area contributed by atoms with E-state index in [0.717, 1.165) is 11.5 Å². The van der Waals surface area contributed by atoms with Crippen LogP contribution >= 0.6 is 11.5 Å². The summed E-state index contributed by atoms with van der Waals surface area (Å²) in [5.74, 6) is -1.16. The number of nitrogens with one attached hydrogen (secondary N) is 1. The summed E-state index contributed by atoms with van der Waals surface area (Å²) in [4.78, 5) is 34.8. The molecule has 0 aliphatic rings. The zero-order valence-corrected chi connectivity index (χ0v) is 12.8. The summed E-state index contributed by atoms with van der Waals surface area (Å²) in [7, 11) is 0. The van der Waals surface area contributed by atoms with Crippen molar-refractivity contribution in [1.29, 1.82) is 0 Å². The highest BCUT2D eigenvalue weighted by Gasteiger charge is 2.16. The van der Waals surface area contributed by atoms with Crippen molar-refractivity contribution in [3.8, 4) is 0 Å². The van der Waals surface area contributed by atoms with E-state index in [1.54, 1.807) is 31.2 Å². The lowest BCUT2D eigenvalue weighted by Gasteiger charge is -2.06. The standard InChI is InChI=1S/C14H13N3O4S/c1-8-13(22-17-16-8)14(20)21-7-12(19)15-11-5-3-10(4-6-11)9(2)18/h3-6H,7H2,1-2H3,(H,15,19). The number of ether oxygens (including phenoxy) is 1. The van der Waals surface area contributed by atoms with E-state index in [9.17, 15) is 14.4 Å². The molecular weight excluding hydrogens is 306 g/mol. The van der Waals surface area contributed by atoms with E-state index in [4.69, 9.17) is 4.74 Å². The molecule has 8 heteroatoms. The molecule has 0 spiro atoms. The van der Waals surface area contributed by atoms with Crippen LogP contribution in [0.3, 0.4) is 0 Å². The van der Waals surface area contributed by atoms with Crippen LogP contribution in [0, 0.1) is 6.92 Å². The molecule has 0 atom stereocenters. The van der Waals surface area contributed by atoms with E-state index < -0.39 is 18.5 Å². The highest BCUT2D eigenvalue weighted by atomic mass is 32.1. The fourth-order valence-corrected chi connectivity index (χ4v) is 2.15. The van der Waals surface area contributed by atoms with Crippen molar-refractivity contribution < 1.29 is 19.1 Å².